The zero-order valence-electron chi connectivity index (χ0n) is 21.1. The first-order valence-electron chi connectivity index (χ1n) is 11.9. The van der Waals surface area contributed by atoms with Crippen LogP contribution in [0.15, 0.2) is 57.8 Å². The smallest absolute Gasteiger partial charge is 0.336 e. The summed E-state index contributed by atoms with van der Waals surface area (Å²) in [4.78, 5) is 37.4. The highest BCUT2D eigenvalue weighted by molar-refractivity contribution is 6.22. The molecule has 1 heterocycles. The molecule has 0 amide bonds. The van der Waals surface area contributed by atoms with Crippen molar-refractivity contribution in [3.63, 3.8) is 0 Å². The van der Waals surface area contributed by atoms with Crippen LogP contribution in [0.2, 0.25) is 0 Å². The molecule has 3 rings (SSSR count). The summed E-state index contributed by atoms with van der Waals surface area (Å²) in [6.45, 7) is 7.74. The molecule has 0 aliphatic carbocycles. The highest BCUT2D eigenvalue weighted by Crippen LogP contribution is 2.35. The predicted octanol–water partition coefficient (Wildman–Crippen LogP) is 3.87. The molecular formula is C28H31NO8. The second-order valence-corrected chi connectivity index (χ2v) is 9.26. The van der Waals surface area contributed by atoms with E-state index in [4.69, 9.17) is 9.15 Å². The van der Waals surface area contributed by atoms with E-state index < -0.39 is 29.0 Å². The van der Waals surface area contributed by atoms with E-state index in [2.05, 4.69) is 5.32 Å². The Kier molecular flexibility index (Phi) is 8.86. The number of ether oxygens (including phenoxy) is 1. The lowest BCUT2D eigenvalue weighted by atomic mass is 9.93. The van der Waals surface area contributed by atoms with Crippen LogP contribution in [0.3, 0.4) is 0 Å². The molecule has 0 bridgehead atoms. The molecule has 0 radical (unpaired) electrons. The van der Waals surface area contributed by atoms with Gasteiger partial charge in [0.05, 0.1) is 16.5 Å². The number of hydrogen-bond acceptors (Lipinski definition) is 7. The van der Waals surface area contributed by atoms with Crippen LogP contribution in [0.5, 0.6) is 5.75 Å². The Morgan fingerprint density at radius 1 is 1.08 bits per heavy atom. The Morgan fingerprint density at radius 3 is 2.32 bits per heavy atom. The third-order valence-electron chi connectivity index (χ3n) is 5.58. The van der Waals surface area contributed by atoms with Gasteiger partial charge in [-0.2, -0.15) is 0 Å². The standard InChI is InChI=1S/C28H31NO8/c1-15(2)27-24(17-8-6-5-7-9-17)26(33)25-20(21(28(34)35)12-23(31)32)10-19(11-22(25)37-27)36-14-18(30)13-29-16(3)4/h5-12,15-16,18,29-30H,13-14H2,1-4H3,(H,31,32)(H,34,35)/b21-12+. The fourth-order valence-electron chi connectivity index (χ4n) is 3.89. The Balaban J connectivity index is 2.28. The lowest BCUT2D eigenvalue weighted by molar-refractivity contribution is -0.133. The fourth-order valence-corrected chi connectivity index (χ4v) is 3.89. The van der Waals surface area contributed by atoms with Gasteiger partial charge in [-0.15, -0.1) is 0 Å². The van der Waals surface area contributed by atoms with Crippen LogP contribution in [0.1, 0.15) is 44.9 Å². The van der Waals surface area contributed by atoms with E-state index >= 15 is 0 Å². The van der Waals surface area contributed by atoms with Gasteiger partial charge in [0, 0.05) is 36.2 Å². The van der Waals surface area contributed by atoms with E-state index in [9.17, 15) is 29.7 Å². The number of aliphatic hydroxyl groups excluding tert-OH is 1. The highest BCUT2D eigenvalue weighted by atomic mass is 16.5. The molecule has 37 heavy (non-hydrogen) atoms. The molecule has 3 aromatic rings. The summed E-state index contributed by atoms with van der Waals surface area (Å²) < 4.78 is 11.9. The van der Waals surface area contributed by atoms with Gasteiger partial charge in [0.15, 0.2) is 0 Å². The van der Waals surface area contributed by atoms with Crippen molar-refractivity contribution in [2.45, 2.75) is 45.8 Å². The first-order chi connectivity index (χ1) is 17.5. The van der Waals surface area contributed by atoms with E-state index in [1.165, 1.54) is 12.1 Å². The monoisotopic (exact) mass is 509 g/mol. The van der Waals surface area contributed by atoms with Gasteiger partial charge in [0.1, 0.15) is 29.8 Å². The average molecular weight is 510 g/mol. The zero-order chi connectivity index (χ0) is 27.3. The van der Waals surface area contributed by atoms with Crippen molar-refractivity contribution < 1.29 is 34.1 Å². The molecule has 0 saturated carbocycles. The topological polar surface area (TPSA) is 146 Å². The largest absolute Gasteiger partial charge is 0.491 e. The number of hydrogen-bond donors (Lipinski definition) is 4. The zero-order valence-corrected chi connectivity index (χ0v) is 21.1. The molecule has 0 aliphatic rings. The van der Waals surface area contributed by atoms with E-state index in [0.29, 0.717) is 17.4 Å². The van der Waals surface area contributed by atoms with Crippen molar-refractivity contribution in [3.05, 3.63) is 70.1 Å². The Morgan fingerprint density at radius 2 is 1.76 bits per heavy atom. The first kappa shape index (κ1) is 27.6. The third kappa shape index (κ3) is 6.63. The van der Waals surface area contributed by atoms with Crippen LogP contribution in [-0.2, 0) is 9.59 Å². The molecule has 1 aromatic heterocycles. The maximum atomic E-state index is 13.9. The van der Waals surface area contributed by atoms with Crippen LogP contribution in [0, 0.1) is 0 Å². The average Bonchev–Trinajstić information content (AvgIpc) is 2.84. The summed E-state index contributed by atoms with van der Waals surface area (Å²) in [7, 11) is 0. The Hall–Kier alpha value is -3.95. The molecule has 0 fully saturated rings. The molecule has 1 unspecified atom stereocenters. The lowest BCUT2D eigenvalue weighted by Gasteiger charge is -2.18. The van der Waals surface area contributed by atoms with Crippen molar-refractivity contribution in [1.82, 2.24) is 5.32 Å². The number of carboxylic acids is 2. The summed E-state index contributed by atoms with van der Waals surface area (Å²) >= 11 is 0. The summed E-state index contributed by atoms with van der Waals surface area (Å²) in [6, 6.07) is 11.7. The number of carbonyl (C=O) groups is 2. The van der Waals surface area contributed by atoms with E-state index in [0.717, 1.165) is 0 Å². The SMILES string of the molecule is CC(C)NCC(O)COc1cc(/C(=C\C(=O)O)C(=O)O)c2c(=O)c(-c3ccccc3)c(C(C)C)oc2c1. The quantitative estimate of drug-likeness (QED) is 0.283. The van der Waals surface area contributed by atoms with E-state index in [-0.39, 0.29) is 53.0 Å². The van der Waals surface area contributed by atoms with Gasteiger partial charge < -0.3 is 29.8 Å². The van der Waals surface area contributed by atoms with Gasteiger partial charge in [0.2, 0.25) is 5.43 Å². The van der Waals surface area contributed by atoms with Crippen molar-refractivity contribution in [2.24, 2.45) is 0 Å². The number of benzene rings is 2. The van der Waals surface area contributed by atoms with Crippen LogP contribution in [0.4, 0.5) is 0 Å². The molecule has 9 heteroatoms. The van der Waals surface area contributed by atoms with E-state index in [1.807, 2.05) is 27.7 Å². The molecule has 9 nitrogen and oxygen atoms in total. The third-order valence-corrected chi connectivity index (χ3v) is 5.58. The predicted molar refractivity (Wildman–Crippen MR) is 140 cm³/mol. The molecule has 4 N–H and O–H groups in total. The van der Waals surface area contributed by atoms with Gasteiger partial charge in [-0.05, 0) is 11.6 Å². The molecule has 0 aliphatic heterocycles. The molecule has 0 spiro atoms. The number of aliphatic carboxylic acids is 2. The molecule has 1 atom stereocenters. The van der Waals surface area contributed by atoms with Crippen molar-refractivity contribution in [3.8, 4) is 16.9 Å². The molecular weight excluding hydrogens is 478 g/mol. The van der Waals surface area contributed by atoms with Crippen LogP contribution in [0.25, 0.3) is 27.7 Å². The summed E-state index contributed by atoms with van der Waals surface area (Å²) in [5.74, 6) is -2.70. The van der Waals surface area contributed by atoms with Gasteiger partial charge >= 0.3 is 11.9 Å². The van der Waals surface area contributed by atoms with Crippen LogP contribution < -0.4 is 15.5 Å². The minimum absolute atomic E-state index is 0.0493. The van der Waals surface area contributed by atoms with Gasteiger partial charge in [-0.25, -0.2) is 9.59 Å². The summed E-state index contributed by atoms with van der Waals surface area (Å²) in [6.07, 6.45) is -0.339. The maximum absolute atomic E-state index is 13.9. The number of rotatable bonds is 11. The molecule has 2 aromatic carbocycles. The number of aliphatic hydroxyl groups is 1. The lowest BCUT2D eigenvalue weighted by Crippen LogP contribution is -2.35. The van der Waals surface area contributed by atoms with E-state index in [1.54, 1.807) is 30.3 Å². The number of fused-ring (bicyclic) bond motifs is 1. The number of carboxylic acid groups (broad SMARTS) is 2. The minimum Gasteiger partial charge on any atom is -0.491 e. The van der Waals surface area contributed by atoms with Crippen molar-refractivity contribution in [2.75, 3.05) is 13.2 Å². The molecule has 196 valence electrons. The summed E-state index contributed by atoms with van der Waals surface area (Å²) in [5.41, 5.74) is -0.335. The van der Waals surface area contributed by atoms with Gasteiger partial charge in [-0.1, -0.05) is 58.0 Å². The second kappa shape index (κ2) is 11.9. The maximum Gasteiger partial charge on any atom is 0.336 e. The van der Waals surface area contributed by atoms with Gasteiger partial charge in [-0.3, -0.25) is 4.79 Å². The Labute approximate surface area is 214 Å². The van der Waals surface area contributed by atoms with Crippen LogP contribution >= 0.6 is 0 Å². The highest BCUT2D eigenvalue weighted by Gasteiger charge is 2.25. The molecule has 0 saturated heterocycles. The van der Waals surface area contributed by atoms with Crippen molar-refractivity contribution in [1.29, 1.82) is 0 Å². The summed E-state index contributed by atoms with van der Waals surface area (Å²) in [5, 5.41) is 32.4. The minimum atomic E-state index is -1.53. The Bertz CT molecular complexity index is 1370. The fraction of sp³-hybridized carbons (Fsp3) is 0.321. The normalized spacial score (nSPS) is 12.8. The van der Waals surface area contributed by atoms with Gasteiger partial charge in [0.25, 0.3) is 0 Å². The first-order valence-corrected chi connectivity index (χ1v) is 11.9. The second-order valence-electron chi connectivity index (χ2n) is 9.26. The van der Waals surface area contributed by atoms with Crippen LogP contribution in [-0.4, -0.2) is 52.6 Å². The number of nitrogens with one attached hydrogen (secondary N) is 1. The van der Waals surface area contributed by atoms with Crippen molar-refractivity contribution >= 4 is 28.5 Å².